The van der Waals surface area contributed by atoms with E-state index >= 15 is 0 Å². The van der Waals surface area contributed by atoms with E-state index in [1.807, 2.05) is 27.7 Å². The molecule has 6 nitrogen and oxygen atoms in total. The van der Waals surface area contributed by atoms with E-state index in [0.717, 1.165) is 0 Å². The largest absolute Gasteiger partial charge is 0.477 e. The van der Waals surface area contributed by atoms with Gasteiger partial charge in [-0.3, -0.25) is 4.79 Å². The van der Waals surface area contributed by atoms with Crippen molar-refractivity contribution < 1.29 is 19.8 Å². The van der Waals surface area contributed by atoms with Gasteiger partial charge in [0.15, 0.2) is 0 Å². The monoisotopic (exact) mass is 295 g/mol. The lowest BCUT2D eigenvalue weighted by atomic mass is 9.96. The molecule has 0 aliphatic carbocycles. The molecule has 21 heavy (non-hydrogen) atoms. The summed E-state index contributed by atoms with van der Waals surface area (Å²) < 4.78 is 0. The van der Waals surface area contributed by atoms with Crippen LogP contribution in [0.5, 0.6) is 0 Å². The smallest absolute Gasteiger partial charge is 0.341 e. The highest BCUT2D eigenvalue weighted by atomic mass is 16.4. The zero-order chi connectivity index (χ0) is 16.3. The molecule has 0 radical (unpaired) electrons. The lowest BCUT2D eigenvalue weighted by Gasteiger charge is -2.15. The highest BCUT2D eigenvalue weighted by molar-refractivity contribution is 5.94. The fourth-order valence-electron chi connectivity index (χ4n) is 2.28. The van der Waals surface area contributed by atoms with Crippen LogP contribution in [0.3, 0.4) is 0 Å². The minimum atomic E-state index is -1.40. The Morgan fingerprint density at radius 1 is 0.905 bits per heavy atom. The molecule has 0 unspecified atom stereocenters. The van der Waals surface area contributed by atoms with Gasteiger partial charge in [0.05, 0.1) is 0 Å². The van der Waals surface area contributed by atoms with Crippen LogP contribution in [-0.2, 0) is 12.8 Å². The summed E-state index contributed by atoms with van der Waals surface area (Å²) in [5, 5.41) is 18.5. The van der Waals surface area contributed by atoms with Crippen molar-refractivity contribution in [1.29, 1.82) is 0 Å². The van der Waals surface area contributed by atoms with Crippen LogP contribution in [-0.4, -0.2) is 27.1 Å². The molecule has 0 atom stereocenters. The van der Waals surface area contributed by atoms with Gasteiger partial charge in [-0.2, -0.15) is 0 Å². The summed E-state index contributed by atoms with van der Waals surface area (Å²) in [6.07, 6.45) is 0.754. The van der Waals surface area contributed by atoms with Crippen molar-refractivity contribution in [3.05, 3.63) is 32.7 Å². The first-order valence-corrected chi connectivity index (χ1v) is 6.89. The molecular weight excluding hydrogens is 274 g/mol. The zero-order valence-corrected chi connectivity index (χ0v) is 12.7. The second-order valence-corrected chi connectivity index (χ2v) is 5.97. The number of pyridine rings is 1. The lowest BCUT2D eigenvalue weighted by Crippen LogP contribution is -2.29. The quantitative estimate of drug-likeness (QED) is 0.745. The summed E-state index contributed by atoms with van der Waals surface area (Å²) in [5.74, 6) is -2.52. The van der Waals surface area contributed by atoms with E-state index in [9.17, 15) is 24.6 Å². The molecule has 1 aromatic heterocycles. The third kappa shape index (κ3) is 3.93. The topological polar surface area (TPSA) is 107 Å². The predicted molar refractivity (Wildman–Crippen MR) is 78.1 cm³/mol. The molecule has 1 heterocycles. The van der Waals surface area contributed by atoms with Crippen LogP contribution < -0.4 is 5.43 Å². The number of hydrogen-bond acceptors (Lipinski definition) is 3. The number of rotatable bonds is 6. The number of carbonyl (C=O) groups is 2. The second-order valence-electron chi connectivity index (χ2n) is 5.97. The molecule has 0 aromatic carbocycles. The lowest BCUT2D eigenvalue weighted by molar-refractivity contribution is 0.0692. The van der Waals surface area contributed by atoms with Crippen LogP contribution in [0.1, 0.15) is 59.8 Å². The summed E-state index contributed by atoms with van der Waals surface area (Å²) >= 11 is 0. The van der Waals surface area contributed by atoms with E-state index in [1.54, 1.807) is 0 Å². The molecule has 0 spiro atoms. The standard InChI is InChI=1S/C15H21NO5/c1-7(2)5-9-11(14(18)19)13(17)12(15(20)21)10(16-9)6-8(3)4/h7-8H,5-6H2,1-4H3,(H,16,17)(H,18,19)(H,20,21). The molecule has 1 rings (SSSR count). The number of aromatic carboxylic acids is 2. The van der Waals surface area contributed by atoms with Gasteiger partial charge in [0.1, 0.15) is 11.1 Å². The van der Waals surface area contributed by atoms with Gasteiger partial charge in [0.2, 0.25) is 5.43 Å². The molecule has 1 aromatic rings. The second kappa shape index (κ2) is 6.56. The minimum absolute atomic E-state index is 0.140. The Bertz CT molecular complexity index is 564. The van der Waals surface area contributed by atoms with Crippen molar-refractivity contribution >= 4 is 11.9 Å². The van der Waals surface area contributed by atoms with Crippen LogP contribution in [0.15, 0.2) is 4.79 Å². The van der Waals surface area contributed by atoms with E-state index in [1.165, 1.54) is 0 Å². The van der Waals surface area contributed by atoms with Crippen LogP contribution in [0.2, 0.25) is 0 Å². The summed E-state index contributed by atoms with van der Waals surface area (Å²) in [7, 11) is 0. The predicted octanol–water partition coefficient (Wildman–Crippen LogP) is 2.17. The Hall–Kier alpha value is -2.11. The van der Waals surface area contributed by atoms with Gasteiger partial charge < -0.3 is 15.2 Å². The fraction of sp³-hybridized carbons (Fsp3) is 0.533. The van der Waals surface area contributed by atoms with Crippen molar-refractivity contribution in [1.82, 2.24) is 4.98 Å². The van der Waals surface area contributed by atoms with Crippen LogP contribution in [0.25, 0.3) is 0 Å². The van der Waals surface area contributed by atoms with Crippen molar-refractivity contribution in [3.8, 4) is 0 Å². The Kier molecular flexibility index (Phi) is 5.29. The van der Waals surface area contributed by atoms with E-state index < -0.39 is 28.5 Å². The number of aromatic nitrogens is 1. The number of carboxylic acids is 2. The maximum absolute atomic E-state index is 12.3. The summed E-state index contributed by atoms with van der Waals surface area (Å²) in [6, 6.07) is 0. The number of carboxylic acid groups (broad SMARTS) is 2. The zero-order valence-electron chi connectivity index (χ0n) is 12.7. The first-order valence-electron chi connectivity index (χ1n) is 6.89. The molecule has 0 amide bonds. The normalized spacial score (nSPS) is 11.1. The van der Waals surface area contributed by atoms with E-state index in [2.05, 4.69) is 4.98 Å². The number of nitrogens with one attached hydrogen (secondary N) is 1. The van der Waals surface area contributed by atoms with Gasteiger partial charge in [-0.05, 0) is 24.7 Å². The fourth-order valence-corrected chi connectivity index (χ4v) is 2.28. The molecule has 0 saturated heterocycles. The summed E-state index contributed by atoms with van der Waals surface area (Å²) in [4.78, 5) is 37.8. The van der Waals surface area contributed by atoms with Gasteiger partial charge in [0.25, 0.3) is 0 Å². The van der Waals surface area contributed by atoms with Crippen molar-refractivity contribution in [3.63, 3.8) is 0 Å². The minimum Gasteiger partial charge on any atom is -0.477 e. The third-order valence-corrected chi connectivity index (χ3v) is 3.01. The van der Waals surface area contributed by atoms with Crippen molar-refractivity contribution in [2.45, 2.75) is 40.5 Å². The Morgan fingerprint density at radius 3 is 1.48 bits per heavy atom. The van der Waals surface area contributed by atoms with Gasteiger partial charge in [0, 0.05) is 11.4 Å². The average molecular weight is 295 g/mol. The SMILES string of the molecule is CC(C)Cc1[nH]c(CC(C)C)c(C(=O)O)c(=O)c1C(=O)O. The van der Waals surface area contributed by atoms with Crippen molar-refractivity contribution in [2.75, 3.05) is 0 Å². The first kappa shape index (κ1) is 16.9. The maximum Gasteiger partial charge on any atom is 0.341 e. The number of H-pyrrole nitrogens is 1. The molecule has 0 fully saturated rings. The molecule has 0 aliphatic rings. The van der Waals surface area contributed by atoms with Crippen LogP contribution in [0.4, 0.5) is 0 Å². The molecule has 6 heteroatoms. The van der Waals surface area contributed by atoms with Gasteiger partial charge in [-0.1, -0.05) is 27.7 Å². The highest BCUT2D eigenvalue weighted by Crippen LogP contribution is 2.15. The molecular formula is C15H21NO5. The number of aromatic amines is 1. The van der Waals surface area contributed by atoms with Crippen molar-refractivity contribution in [2.24, 2.45) is 11.8 Å². The molecule has 116 valence electrons. The molecule has 0 bridgehead atoms. The molecule has 0 aliphatic heterocycles. The van der Waals surface area contributed by atoms with E-state index in [0.29, 0.717) is 24.2 Å². The molecule has 0 saturated carbocycles. The summed E-state index contributed by atoms with van der Waals surface area (Å²) in [5.41, 5.74) is -1.26. The average Bonchev–Trinajstić information content (AvgIpc) is 2.24. The Labute approximate surface area is 122 Å². The number of hydrogen-bond donors (Lipinski definition) is 3. The summed E-state index contributed by atoms with van der Waals surface area (Å²) in [6.45, 7) is 7.60. The Morgan fingerprint density at radius 2 is 1.24 bits per heavy atom. The van der Waals surface area contributed by atoms with Gasteiger partial charge in [-0.25, -0.2) is 9.59 Å². The van der Waals surface area contributed by atoms with Gasteiger partial charge in [-0.15, -0.1) is 0 Å². The maximum atomic E-state index is 12.3. The van der Waals surface area contributed by atoms with E-state index in [4.69, 9.17) is 0 Å². The Balaban J connectivity index is 3.66. The van der Waals surface area contributed by atoms with Crippen LogP contribution in [0, 0.1) is 11.8 Å². The highest BCUT2D eigenvalue weighted by Gasteiger charge is 2.25. The van der Waals surface area contributed by atoms with Crippen LogP contribution >= 0.6 is 0 Å². The molecule has 3 N–H and O–H groups in total. The third-order valence-electron chi connectivity index (χ3n) is 3.01. The van der Waals surface area contributed by atoms with Gasteiger partial charge >= 0.3 is 11.9 Å². The van der Waals surface area contributed by atoms with E-state index in [-0.39, 0.29) is 11.8 Å². The first-order chi connectivity index (χ1) is 9.65.